The van der Waals surface area contributed by atoms with Crippen molar-refractivity contribution in [2.75, 3.05) is 18.4 Å². The predicted octanol–water partition coefficient (Wildman–Crippen LogP) is 2.93. The Morgan fingerprint density at radius 3 is 2.17 bits per heavy atom. The van der Waals surface area contributed by atoms with Crippen LogP contribution in [-0.2, 0) is 9.59 Å². The molecule has 1 aliphatic carbocycles. The van der Waals surface area contributed by atoms with Gasteiger partial charge in [0.05, 0.1) is 17.5 Å². The summed E-state index contributed by atoms with van der Waals surface area (Å²) in [5, 5.41) is 14.1. The number of hydrogen-bond acceptors (Lipinski definition) is 5. The molecule has 4 rings (SSSR count). The van der Waals surface area contributed by atoms with Gasteiger partial charge in [0, 0.05) is 30.3 Å². The molecule has 1 heterocycles. The Morgan fingerprint density at radius 2 is 1.54 bits per heavy atom. The average molecular weight is 478 g/mol. The van der Waals surface area contributed by atoms with Gasteiger partial charge in [0.1, 0.15) is 0 Å². The molecule has 2 aromatic carbocycles. The van der Waals surface area contributed by atoms with Crippen LogP contribution in [-0.4, -0.2) is 52.7 Å². The third-order valence-corrected chi connectivity index (χ3v) is 6.58. The van der Waals surface area contributed by atoms with E-state index in [1.165, 1.54) is 4.90 Å². The fourth-order valence-electron chi connectivity index (χ4n) is 4.74. The Morgan fingerprint density at radius 1 is 0.914 bits per heavy atom. The molecule has 9 nitrogen and oxygen atoms in total. The smallest absolute Gasteiger partial charge is 0.305 e. The van der Waals surface area contributed by atoms with Crippen LogP contribution in [0.2, 0.25) is 0 Å². The molecule has 2 atom stereocenters. The summed E-state index contributed by atoms with van der Waals surface area (Å²) in [7, 11) is 0. The standard InChI is InChI=1S/C26H27N3O6/c30-22(31)13-14-27-23(32)16-9-11-18(12-10-16)28-24(33)19-6-2-1-5-17(19)15-29-25(34)20-7-3-4-8-21(20)26(29)35/h3-4,7-12,17,19H,1-2,5-6,13-15H2,(H,27,32)(H,28,33)(H,30,31). The van der Waals surface area contributed by atoms with Crippen molar-refractivity contribution in [2.45, 2.75) is 32.1 Å². The molecule has 0 aromatic heterocycles. The van der Waals surface area contributed by atoms with E-state index in [0.717, 1.165) is 19.3 Å². The van der Waals surface area contributed by atoms with E-state index in [-0.39, 0.29) is 49.1 Å². The van der Waals surface area contributed by atoms with Crippen LogP contribution in [0.1, 0.15) is 63.2 Å². The highest BCUT2D eigenvalue weighted by atomic mass is 16.4. The number of imide groups is 1. The molecule has 0 bridgehead atoms. The average Bonchev–Trinajstić information content (AvgIpc) is 3.09. The molecular formula is C26H27N3O6. The molecule has 2 aromatic rings. The second kappa shape index (κ2) is 10.5. The van der Waals surface area contributed by atoms with Gasteiger partial charge in [-0.1, -0.05) is 25.0 Å². The second-order valence-electron chi connectivity index (χ2n) is 8.88. The Bertz CT molecular complexity index is 1120. The van der Waals surface area contributed by atoms with E-state index >= 15 is 0 Å². The van der Waals surface area contributed by atoms with Crippen molar-refractivity contribution in [2.24, 2.45) is 11.8 Å². The number of aliphatic carboxylic acids is 1. The summed E-state index contributed by atoms with van der Waals surface area (Å²) in [6, 6.07) is 13.1. The lowest BCUT2D eigenvalue weighted by atomic mass is 9.78. The number of hydrogen-bond donors (Lipinski definition) is 3. The number of carboxylic acids is 1. The quantitative estimate of drug-likeness (QED) is 0.501. The van der Waals surface area contributed by atoms with Crippen LogP contribution in [0.15, 0.2) is 48.5 Å². The third kappa shape index (κ3) is 5.40. The topological polar surface area (TPSA) is 133 Å². The Kier molecular flexibility index (Phi) is 7.24. The van der Waals surface area contributed by atoms with Crippen LogP contribution < -0.4 is 10.6 Å². The van der Waals surface area contributed by atoms with Crippen molar-refractivity contribution in [3.05, 3.63) is 65.2 Å². The summed E-state index contributed by atoms with van der Waals surface area (Å²) < 4.78 is 0. The fraction of sp³-hybridized carbons (Fsp3) is 0.346. The monoisotopic (exact) mass is 477 g/mol. The first-order chi connectivity index (χ1) is 16.8. The first kappa shape index (κ1) is 24.1. The maximum absolute atomic E-state index is 13.1. The van der Waals surface area contributed by atoms with E-state index in [4.69, 9.17) is 5.11 Å². The van der Waals surface area contributed by atoms with Crippen LogP contribution in [0, 0.1) is 11.8 Å². The van der Waals surface area contributed by atoms with Gasteiger partial charge in [-0.05, 0) is 55.2 Å². The van der Waals surface area contributed by atoms with E-state index in [2.05, 4.69) is 10.6 Å². The van der Waals surface area contributed by atoms with Gasteiger partial charge < -0.3 is 15.7 Å². The van der Waals surface area contributed by atoms with E-state index in [1.807, 2.05) is 0 Å². The lowest BCUT2D eigenvalue weighted by Crippen LogP contribution is -2.41. The van der Waals surface area contributed by atoms with Crippen molar-refractivity contribution in [3.63, 3.8) is 0 Å². The van der Waals surface area contributed by atoms with Crippen molar-refractivity contribution in [1.29, 1.82) is 0 Å². The lowest BCUT2D eigenvalue weighted by Gasteiger charge is -2.32. The van der Waals surface area contributed by atoms with Crippen LogP contribution in [0.5, 0.6) is 0 Å². The van der Waals surface area contributed by atoms with Crippen LogP contribution >= 0.6 is 0 Å². The molecule has 4 amide bonds. The number of nitrogens with one attached hydrogen (secondary N) is 2. The Labute approximate surface area is 202 Å². The van der Waals surface area contributed by atoms with Gasteiger partial charge in [-0.3, -0.25) is 28.9 Å². The SMILES string of the molecule is O=C(O)CCNC(=O)c1ccc(NC(=O)C2CCCCC2CN2C(=O)c3ccccc3C2=O)cc1. The van der Waals surface area contributed by atoms with E-state index in [1.54, 1.807) is 48.5 Å². The zero-order chi connectivity index (χ0) is 24.9. The van der Waals surface area contributed by atoms with Gasteiger partial charge >= 0.3 is 5.97 Å². The summed E-state index contributed by atoms with van der Waals surface area (Å²) in [6.07, 6.45) is 3.09. The summed E-state index contributed by atoms with van der Waals surface area (Å²) >= 11 is 0. The molecule has 0 saturated heterocycles. The number of amides is 4. The van der Waals surface area contributed by atoms with Crippen LogP contribution in [0.3, 0.4) is 0 Å². The minimum absolute atomic E-state index is 0.0306. The minimum Gasteiger partial charge on any atom is -0.481 e. The summed E-state index contributed by atoms with van der Waals surface area (Å²) in [5.41, 5.74) is 1.69. The van der Waals surface area contributed by atoms with Crippen molar-refractivity contribution < 1.29 is 29.1 Å². The first-order valence-corrected chi connectivity index (χ1v) is 11.7. The number of benzene rings is 2. The number of rotatable bonds is 8. The molecule has 9 heteroatoms. The molecule has 35 heavy (non-hydrogen) atoms. The van der Waals surface area contributed by atoms with Crippen LogP contribution in [0.25, 0.3) is 0 Å². The number of fused-ring (bicyclic) bond motifs is 1. The van der Waals surface area contributed by atoms with E-state index in [9.17, 15) is 24.0 Å². The molecule has 2 aliphatic rings. The highest BCUT2D eigenvalue weighted by Gasteiger charge is 2.40. The number of carboxylic acid groups (broad SMARTS) is 1. The van der Waals surface area contributed by atoms with Gasteiger partial charge in [-0.15, -0.1) is 0 Å². The highest BCUT2D eigenvalue weighted by molar-refractivity contribution is 6.21. The fourth-order valence-corrected chi connectivity index (χ4v) is 4.74. The largest absolute Gasteiger partial charge is 0.481 e. The molecule has 1 fully saturated rings. The molecule has 0 spiro atoms. The van der Waals surface area contributed by atoms with Gasteiger partial charge in [-0.25, -0.2) is 0 Å². The number of anilines is 1. The molecule has 1 saturated carbocycles. The third-order valence-electron chi connectivity index (χ3n) is 6.58. The van der Waals surface area contributed by atoms with Gasteiger partial charge in [0.2, 0.25) is 5.91 Å². The summed E-state index contributed by atoms with van der Waals surface area (Å²) in [5.74, 6) is -2.66. The lowest BCUT2D eigenvalue weighted by molar-refractivity contribution is -0.136. The zero-order valence-electron chi connectivity index (χ0n) is 19.2. The number of carbonyl (C=O) groups excluding carboxylic acids is 4. The first-order valence-electron chi connectivity index (χ1n) is 11.7. The maximum Gasteiger partial charge on any atom is 0.305 e. The van der Waals surface area contributed by atoms with Crippen molar-refractivity contribution in [1.82, 2.24) is 10.2 Å². The summed E-state index contributed by atoms with van der Waals surface area (Å²) in [4.78, 5) is 62.6. The molecule has 182 valence electrons. The van der Waals surface area contributed by atoms with E-state index in [0.29, 0.717) is 28.8 Å². The zero-order valence-corrected chi connectivity index (χ0v) is 19.2. The molecule has 1 aliphatic heterocycles. The summed E-state index contributed by atoms with van der Waals surface area (Å²) in [6.45, 7) is 0.239. The Hall–Kier alpha value is -4.01. The number of nitrogens with zero attached hydrogens (tertiary/aromatic N) is 1. The normalized spacial score (nSPS) is 19.3. The van der Waals surface area contributed by atoms with Crippen molar-refractivity contribution in [3.8, 4) is 0 Å². The maximum atomic E-state index is 13.1. The Balaban J connectivity index is 1.38. The van der Waals surface area contributed by atoms with E-state index < -0.39 is 11.9 Å². The minimum atomic E-state index is -0.993. The van der Waals surface area contributed by atoms with Gasteiger partial charge in [0.15, 0.2) is 0 Å². The molecule has 0 radical (unpaired) electrons. The molecule has 2 unspecified atom stereocenters. The highest BCUT2D eigenvalue weighted by Crippen LogP contribution is 2.34. The molecule has 3 N–H and O–H groups in total. The van der Waals surface area contributed by atoms with Crippen LogP contribution in [0.4, 0.5) is 5.69 Å². The van der Waals surface area contributed by atoms with Gasteiger partial charge in [-0.2, -0.15) is 0 Å². The molecular weight excluding hydrogens is 450 g/mol. The second-order valence-corrected chi connectivity index (χ2v) is 8.88. The number of carbonyl (C=O) groups is 5. The predicted molar refractivity (Wildman–Crippen MR) is 127 cm³/mol. The van der Waals surface area contributed by atoms with Gasteiger partial charge in [0.25, 0.3) is 17.7 Å². The van der Waals surface area contributed by atoms with Crippen molar-refractivity contribution >= 4 is 35.3 Å².